The van der Waals surface area contributed by atoms with Crippen LogP contribution in [0.15, 0.2) is 59.5 Å². The lowest BCUT2D eigenvalue weighted by Crippen LogP contribution is -2.44. The van der Waals surface area contributed by atoms with Gasteiger partial charge >= 0.3 is 0 Å². The van der Waals surface area contributed by atoms with E-state index in [1.165, 1.54) is 25.2 Å². The lowest BCUT2D eigenvalue weighted by molar-refractivity contribution is -0.117. The topological polar surface area (TPSA) is 76.1 Å². The Kier molecular flexibility index (Phi) is 6.13. The average Bonchev–Trinajstić information content (AvgIpc) is 3.09. The molecule has 0 bridgehead atoms. The predicted molar refractivity (Wildman–Crippen MR) is 127 cm³/mol. The number of rotatable bonds is 5. The number of nitrogens with one attached hydrogen (secondary N) is 1. The van der Waals surface area contributed by atoms with E-state index >= 15 is 0 Å². The van der Waals surface area contributed by atoms with E-state index in [1.54, 1.807) is 24.3 Å². The SMILES string of the molecule is Cc1nc(NC(=O)C(C)(C)S(=O)(=O)c2ccc(-c3ccccc3)cc2)sc1C(C)(C)C. The van der Waals surface area contributed by atoms with Crippen molar-refractivity contribution in [3.05, 3.63) is 65.2 Å². The molecule has 3 rings (SSSR count). The Balaban J connectivity index is 1.85. The van der Waals surface area contributed by atoms with Gasteiger partial charge in [0.15, 0.2) is 15.0 Å². The minimum Gasteiger partial charge on any atom is -0.301 e. The van der Waals surface area contributed by atoms with E-state index in [4.69, 9.17) is 0 Å². The molecule has 1 heterocycles. The van der Waals surface area contributed by atoms with Gasteiger partial charge in [-0.25, -0.2) is 13.4 Å². The lowest BCUT2D eigenvalue weighted by atomic mass is 9.94. The van der Waals surface area contributed by atoms with Crippen molar-refractivity contribution in [2.75, 3.05) is 5.32 Å². The Morgan fingerprint density at radius 2 is 1.45 bits per heavy atom. The molecule has 0 aliphatic heterocycles. The highest BCUT2D eigenvalue weighted by atomic mass is 32.2. The zero-order valence-corrected chi connectivity index (χ0v) is 20.3. The molecule has 0 saturated heterocycles. The molecule has 0 unspecified atom stereocenters. The zero-order chi connectivity index (χ0) is 23.0. The first kappa shape index (κ1) is 23.2. The first-order valence-corrected chi connectivity index (χ1v) is 12.3. The molecule has 31 heavy (non-hydrogen) atoms. The molecule has 0 fully saturated rings. The van der Waals surface area contributed by atoms with Gasteiger partial charge in [0, 0.05) is 4.88 Å². The molecule has 0 aliphatic rings. The van der Waals surface area contributed by atoms with Gasteiger partial charge in [-0.1, -0.05) is 63.2 Å². The van der Waals surface area contributed by atoms with Crippen LogP contribution in [0.25, 0.3) is 11.1 Å². The first-order valence-electron chi connectivity index (χ1n) is 10.0. The molecule has 1 N–H and O–H groups in total. The molecule has 0 atom stereocenters. The molecule has 0 spiro atoms. The maximum absolute atomic E-state index is 13.3. The number of aryl methyl sites for hydroxylation is 1. The number of carbonyl (C=O) groups is 1. The van der Waals surface area contributed by atoms with Crippen LogP contribution in [0, 0.1) is 6.92 Å². The number of thiazole rings is 1. The number of nitrogens with zero attached hydrogens (tertiary/aromatic N) is 1. The number of anilines is 1. The molecule has 164 valence electrons. The van der Waals surface area contributed by atoms with Gasteiger partial charge < -0.3 is 5.32 Å². The summed E-state index contributed by atoms with van der Waals surface area (Å²) < 4.78 is 24.9. The van der Waals surface area contributed by atoms with E-state index in [0.717, 1.165) is 21.7 Å². The summed E-state index contributed by atoms with van der Waals surface area (Å²) in [6.45, 7) is 11.0. The molecule has 1 aromatic heterocycles. The van der Waals surface area contributed by atoms with Crippen LogP contribution in [0.3, 0.4) is 0 Å². The Morgan fingerprint density at radius 3 is 1.97 bits per heavy atom. The van der Waals surface area contributed by atoms with E-state index in [2.05, 4.69) is 31.1 Å². The highest BCUT2D eigenvalue weighted by molar-refractivity contribution is 7.93. The van der Waals surface area contributed by atoms with Crippen LogP contribution in [-0.2, 0) is 20.0 Å². The summed E-state index contributed by atoms with van der Waals surface area (Å²) in [5.41, 5.74) is 2.64. The molecule has 1 amide bonds. The molecule has 0 saturated carbocycles. The lowest BCUT2D eigenvalue weighted by Gasteiger charge is -2.23. The van der Waals surface area contributed by atoms with Gasteiger partial charge in [0.05, 0.1) is 10.6 Å². The maximum Gasteiger partial charge on any atom is 0.247 e. The van der Waals surface area contributed by atoms with Crippen molar-refractivity contribution in [3.8, 4) is 11.1 Å². The molecule has 0 radical (unpaired) electrons. The normalized spacial score (nSPS) is 12.6. The van der Waals surface area contributed by atoms with E-state index in [0.29, 0.717) is 5.13 Å². The van der Waals surface area contributed by atoms with Crippen LogP contribution in [0.4, 0.5) is 5.13 Å². The molecule has 5 nitrogen and oxygen atoms in total. The summed E-state index contributed by atoms with van der Waals surface area (Å²) >= 11 is 1.38. The summed E-state index contributed by atoms with van der Waals surface area (Å²) in [6, 6.07) is 16.3. The minimum atomic E-state index is -3.92. The molecule has 2 aromatic carbocycles. The van der Waals surface area contributed by atoms with Crippen molar-refractivity contribution >= 4 is 32.2 Å². The number of benzene rings is 2. The Hall–Kier alpha value is -2.51. The Labute approximate surface area is 188 Å². The number of aromatic nitrogens is 1. The number of hydrogen-bond acceptors (Lipinski definition) is 5. The van der Waals surface area contributed by atoms with E-state index in [-0.39, 0.29) is 10.3 Å². The molecular formula is C24H28N2O3S2. The highest BCUT2D eigenvalue weighted by Crippen LogP contribution is 2.35. The van der Waals surface area contributed by atoms with Crippen LogP contribution in [-0.4, -0.2) is 24.1 Å². The molecular weight excluding hydrogens is 428 g/mol. The highest BCUT2D eigenvalue weighted by Gasteiger charge is 2.43. The summed E-state index contributed by atoms with van der Waals surface area (Å²) in [6.07, 6.45) is 0. The van der Waals surface area contributed by atoms with Crippen molar-refractivity contribution < 1.29 is 13.2 Å². The van der Waals surface area contributed by atoms with Gasteiger partial charge in [0.1, 0.15) is 4.75 Å². The van der Waals surface area contributed by atoms with E-state index in [1.807, 2.05) is 37.3 Å². The van der Waals surface area contributed by atoms with Crippen LogP contribution < -0.4 is 5.32 Å². The van der Waals surface area contributed by atoms with E-state index in [9.17, 15) is 13.2 Å². The van der Waals surface area contributed by atoms with Gasteiger partial charge in [-0.2, -0.15) is 0 Å². The summed E-state index contributed by atoms with van der Waals surface area (Å²) in [5, 5.41) is 3.13. The minimum absolute atomic E-state index is 0.104. The zero-order valence-electron chi connectivity index (χ0n) is 18.7. The fraction of sp³-hybridized carbons (Fsp3) is 0.333. The second kappa shape index (κ2) is 8.20. The third-order valence-electron chi connectivity index (χ3n) is 5.19. The Bertz CT molecular complexity index is 1190. The maximum atomic E-state index is 13.3. The summed E-state index contributed by atoms with van der Waals surface area (Å²) in [7, 11) is -3.92. The quantitative estimate of drug-likeness (QED) is 0.542. The van der Waals surface area contributed by atoms with Crippen LogP contribution >= 0.6 is 11.3 Å². The number of amides is 1. The number of carbonyl (C=O) groups excluding carboxylic acids is 1. The second-order valence-electron chi connectivity index (χ2n) is 9.04. The third kappa shape index (κ3) is 4.57. The molecule has 7 heteroatoms. The fourth-order valence-electron chi connectivity index (χ4n) is 3.27. The van der Waals surface area contributed by atoms with Crippen molar-refractivity contribution in [1.29, 1.82) is 0 Å². The monoisotopic (exact) mass is 456 g/mol. The smallest absolute Gasteiger partial charge is 0.247 e. The van der Waals surface area contributed by atoms with Crippen LogP contribution in [0.2, 0.25) is 0 Å². The molecule has 3 aromatic rings. The van der Waals surface area contributed by atoms with E-state index < -0.39 is 20.5 Å². The van der Waals surface area contributed by atoms with Gasteiger partial charge in [-0.3, -0.25) is 4.79 Å². The first-order chi connectivity index (χ1) is 14.3. The summed E-state index contributed by atoms with van der Waals surface area (Å²) in [4.78, 5) is 18.6. The van der Waals surface area contributed by atoms with Crippen molar-refractivity contribution in [1.82, 2.24) is 4.98 Å². The molecule has 0 aliphatic carbocycles. The predicted octanol–water partition coefficient (Wildman–Crippen LogP) is 5.61. The number of hydrogen-bond donors (Lipinski definition) is 1. The van der Waals surface area contributed by atoms with Crippen LogP contribution in [0.1, 0.15) is 45.2 Å². The number of sulfone groups is 1. The van der Waals surface area contributed by atoms with Gasteiger partial charge in [0.25, 0.3) is 0 Å². The average molecular weight is 457 g/mol. The van der Waals surface area contributed by atoms with Crippen molar-refractivity contribution in [3.63, 3.8) is 0 Å². The van der Waals surface area contributed by atoms with Crippen LogP contribution in [0.5, 0.6) is 0 Å². The van der Waals surface area contributed by atoms with Gasteiger partial charge in [-0.05, 0) is 49.4 Å². The van der Waals surface area contributed by atoms with Crippen molar-refractivity contribution in [2.45, 2.75) is 56.6 Å². The Morgan fingerprint density at radius 1 is 0.903 bits per heavy atom. The van der Waals surface area contributed by atoms with Gasteiger partial charge in [0.2, 0.25) is 5.91 Å². The van der Waals surface area contributed by atoms with Crippen molar-refractivity contribution in [2.24, 2.45) is 0 Å². The van der Waals surface area contributed by atoms with Gasteiger partial charge in [-0.15, -0.1) is 11.3 Å². The summed E-state index contributed by atoms with van der Waals surface area (Å²) in [5.74, 6) is -0.603. The third-order valence-corrected chi connectivity index (χ3v) is 9.11. The second-order valence-corrected chi connectivity index (χ2v) is 12.5. The fourth-order valence-corrected chi connectivity index (χ4v) is 5.67. The standard InChI is InChI=1S/C24H28N2O3S2/c1-16-20(23(2,3)4)30-22(25-16)26-21(27)24(5,6)31(28,29)19-14-12-18(13-15-19)17-10-8-7-9-11-17/h7-15H,1-6H3,(H,25,26,27). The largest absolute Gasteiger partial charge is 0.301 e.